The Labute approximate surface area is 125 Å². The number of hydrogen-bond acceptors (Lipinski definition) is 3. The van der Waals surface area contributed by atoms with Gasteiger partial charge in [-0.3, -0.25) is 9.80 Å². The Morgan fingerprint density at radius 1 is 1.15 bits per heavy atom. The van der Waals surface area contributed by atoms with Crippen LogP contribution in [0.15, 0.2) is 0 Å². The van der Waals surface area contributed by atoms with Crippen LogP contribution in [0.25, 0.3) is 0 Å². The Morgan fingerprint density at radius 2 is 1.80 bits per heavy atom. The van der Waals surface area contributed by atoms with Crippen LogP contribution in [0.4, 0.5) is 0 Å². The highest BCUT2D eigenvalue weighted by atomic mass is 15.3. The molecule has 3 unspecified atom stereocenters. The SMILES string of the molecule is CCNC1CC2CCCC(C1)N2CC(C)N(C)C1CC1. The monoisotopic (exact) mass is 279 g/mol. The van der Waals surface area contributed by atoms with E-state index < -0.39 is 0 Å². The van der Waals surface area contributed by atoms with Crippen molar-refractivity contribution in [2.24, 2.45) is 0 Å². The lowest BCUT2D eigenvalue weighted by molar-refractivity contribution is 0.00621. The van der Waals surface area contributed by atoms with Gasteiger partial charge in [0, 0.05) is 36.8 Å². The molecule has 3 atom stereocenters. The third-order valence-corrected chi connectivity index (χ3v) is 5.91. The second-order valence-electron chi connectivity index (χ2n) is 7.41. The molecule has 0 aromatic carbocycles. The van der Waals surface area contributed by atoms with Gasteiger partial charge in [-0.25, -0.2) is 0 Å². The molecule has 0 amide bonds. The van der Waals surface area contributed by atoms with Gasteiger partial charge in [0.05, 0.1) is 0 Å². The van der Waals surface area contributed by atoms with E-state index in [9.17, 15) is 0 Å². The van der Waals surface area contributed by atoms with Gasteiger partial charge in [-0.1, -0.05) is 13.3 Å². The molecular formula is C17H33N3. The Morgan fingerprint density at radius 3 is 2.35 bits per heavy atom. The van der Waals surface area contributed by atoms with Gasteiger partial charge in [0.1, 0.15) is 0 Å². The van der Waals surface area contributed by atoms with Crippen LogP contribution in [0.1, 0.15) is 58.8 Å². The highest BCUT2D eigenvalue weighted by Crippen LogP contribution is 2.35. The van der Waals surface area contributed by atoms with Gasteiger partial charge in [0.25, 0.3) is 0 Å². The number of piperidine rings is 2. The fourth-order valence-electron chi connectivity index (χ4n) is 4.51. The predicted octanol–water partition coefficient (Wildman–Crippen LogP) is 2.46. The van der Waals surface area contributed by atoms with Gasteiger partial charge < -0.3 is 5.32 Å². The minimum Gasteiger partial charge on any atom is -0.314 e. The number of nitrogens with zero attached hydrogens (tertiary/aromatic N) is 2. The second-order valence-corrected chi connectivity index (χ2v) is 7.41. The van der Waals surface area contributed by atoms with E-state index in [1.165, 1.54) is 51.5 Å². The zero-order valence-corrected chi connectivity index (χ0v) is 13.6. The molecule has 2 saturated heterocycles. The third-order valence-electron chi connectivity index (χ3n) is 5.91. The summed E-state index contributed by atoms with van der Waals surface area (Å²) in [7, 11) is 2.34. The van der Waals surface area contributed by atoms with E-state index in [2.05, 4.69) is 36.0 Å². The summed E-state index contributed by atoms with van der Waals surface area (Å²) in [5.41, 5.74) is 0. The first-order chi connectivity index (χ1) is 9.69. The number of nitrogens with one attached hydrogen (secondary N) is 1. The van der Waals surface area contributed by atoms with Crippen molar-refractivity contribution >= 4 is 0 Å². The number of hydrogen-bond donors (Lipinski definition) is 1. The number of likely N-dealkylation sites (N-methyl/N-ethyl adjacent to an activating group) is 1. The van der Waals surface area contributed by atoms with Gasteiger partial charge in [-0.2, -0.15) is 0 Å². The van der Waals surface area contributed by atoms with Crippen molar-refractivity contribution in [2.45, 2.75) is 89.0 Å². The molecule has 116 valence electrons. The van der Waals surface area contributed by atoms with E-state index in [0.717, 1.165) is 36.8 Å². The van der Waals surface area contributed by atoms with Crippen molar-refractivity contribution < 1.29 is 0 Å². The first kappa shape index (κ1) is 14.8. The Bertz CT molecular complexity index is 301. The second kappa shape index (κ2) is 6.33. The summed E-state index contributed by atoms with van der Waals surface area (Å²) >= 11 is 0. The molecule has 3 nitrogen and oxygen atoms in total. The predicted molar refractivity (Wildman–Crippen MR) is 85.1 cm³/mol. The zero-order chi connectivity index (χ0) is 14.1. The third kappa shape index (κ3) is 3.20. The number of fused-ring (bicyclic) bond motifs is 2. The maximum absolute atomic E-state index is 3.70. The lowest BCUT2D eigenvalue weighted by Crippen LogP contribution is -2.58. The molecule has 3 fully saturated rings. The molecule has 2 heterocycles. The van der Waals surface area contributed by atoms with Crippen LogP contribution in [0.5, 0.6) is 0 Å². The van der Waals surface area contributed by atoms with Crippen LogP contribution >= 0.6 is 0 Å². The van der Waals surface area contributed by atoms with Crippen LogP contribution in [-0.4, -0.2) is 60.1 Å². The topological polar surface area (TPSA) is 18.5 Å². The largest absolute Gasteiger partial charge is 0.314 e. The quantitative estimate of drug-likeness (QED) is 0.806. The maximum atomic E-state index is 3.70. The molecule has 0 aromatic heterocycles. The summed E-state index contributed by atoms with van der Waals surface area (Å²) in [5, 5.41) is 3.70. The fraction of sp³-hybridized carbons (Fsp3) is 1.00. The Kier molecular flexibility index (Phi) is 4.68. The molecular weight excluding hydrogens is 246 g/mol. The standard InChI is InChI=1S/C17H33N3/c1-4-18-14-10-16-6-5-7-17(11-14)20(16)12-13(2)19(3)15-8-9-15/h13-18H,4-12H2,1-3H3. The van der Waals surface area contributed by atoms with Gasteiger partial charge in [0.15, 0.2) is 0 Å². The van der Waals surface area contributed by atoms with E-state index in [0.29, 0.717) is 0 Å². The summed E-state index contributed by atoms with van der Waals surface area (Å²) in [6.07, 6.45) is 9.93. The molecule has 1 saturated carbocycles. The Hall–Kier alpha value is -0.120. The molecule has 3 heteroatoms. The van der Waals surface area contributed by atoms with E-state index in [-0.39, 0.29) is 0 Å². The molecule has 3 rings (SSSR count). The zero-order valence-electron chi connectivity index (χ0n) is 13.6. The molecule has 20 heavy (non-hydrogen) atoms. The summed E-state index contributed by atoms with van der Waals surface area (Å²) < 4.78 is 0. The van der Waals surface area contributed by atoms with Gasteiger partial charge in [-0.15, -0.1) is 0 Å². The lowest BCUT2D eigenvalue weighted by Gasteiger charge is -2.50. The van der Waals surface area contributed by atoms with Crippen LogP contribution < -0.4 is 5.32 Å². The van der Waals surface area contributed by atoms with Gasteiger partial charge in [0.2, 0.25) is 0 Å². The lowest BCUT2D eigenvalue weighted by atomic mass is 9.81. The van der Waals surface area contributed by atoms with Crippen LogP contribution in [0, 0.1) is 0 Å². The van der Waals surface area contributed by atoms with Crippen molar-refractivity contribution in [3.05, 3.63) is 0 Å². The van der Waals surface area contributed by atoms with Crippen molar-refractivity contribution in [3.63, 3.8) is 0 Å². The van der Waals surface area contributed by atoms with Crippen molar-refractivity contribution in [1.29, 1.82) is 0 Å². The summed E-state index contributed by atoms with van der Waals surface area (Å²) in [6.45, 7) is 7.10. The molecule has 0 radical (unpaired) electrons. The fourth-order valence-corrected chi connectivity index (χ4v) is 4.51. The molecule has 2 aliphatic heterocycles. The summed E-state index contributed by atoms with van der Waals surface area (Å²) in [4.78, 5) is 5.51. The minimum atomic E-state index is 0.723. The smallest absolute Gasteiger partial charge is 0.0195 e. The molecule has 2 bridgehead atoms. The van der Waals surface area contributed by atoms with Crippen LogP contribution in [0.3, 0.4) is 0 Å². The Balaban J connectivity index is 1.58. The molecule has 1 N–H and O–H groups in total. The first-order valence-electron chi connectivity index (χ1n) is 8.90. The molecule has 0 spiro atoms. The highest BCUT2D eigenvalue weighted by Gasteiger charge is 2.39. The van der Waals surface area contributed by atoms with E-state index in [1.807, 2.05) is 0 Å². The molecule has 3 aliphatic rings. The summed E-state index contributed by atoms with van der Waals surface area (Å²) in [5.74, 6) is 0. The van der Waals surface area contributed by atoms with E-state index >= 15 is 0 Å². The van der Waals surface area contributed by atoms with Crippen molar-refractivity contribution in [1.82, 2.24) is 15.1 Å². The van der Waals surface area contributed by atoms with Crippen molar-refractivity contribution in [2.75, 3.05) is 20.1 Å². The van der Waals surface area contributed by atoms with Gasteiger partial charge in [-0.05, 0) is 59.0 Å². The average Bonchev–Trinajstić information content (AvgIpc) is 3.23. The molecule has 1 aliphatic carbocycles. The van der Waals surface area contributed by atoms with Gasteiger partial charge >= 0.3 is 0 Å². The highest BCUT2D eigenvalue weighted by molar-refractivity contribution is 4.96. The van der Waals surface area contributed by atoms with Crippen LogP contribution in [0.2, 0.25) is 0 Å². The van der Waals surface area contributed by atoms with Crippen molar-refractivity contribution in [3.8, 4) is 0 Å². The van der Waals surface area contributed by atoms with Crippen LogP contribution in [-0.2, 0) is 0 Å². The average molecular weight is 279 g/mol. The van der Waals surface area contributed by atoms with E-state index in [4.69, 9.17) is 0 Å². The van der Waals surface area contributed by atoms with E-state index in [1.54, 1.807) is 0 Å². The normalized spacial score (nSPS) is 36.3. The minimum absolute atomic E-state index is 0.723. The first-order valence-corrected chi connectivity index (χ1v) is 8.90. The summed E-state index contributed by atoms with van der Waals surface area (Å²) in [6, 6.07) is 4.09. The number of rotatable bonds is 6. The maximum Gasteiger partial charge on any atom is 0.0195 e. The molecule has 0 aromatic rings.